The van der Waals surface area contributed by atoms with Gasteiger partial charge in [-0.05, 0) is 19.8 Å². The number of aliphatic carboxylic acids is 1. The van der Waals surface area contributed by atoms with Gasteiger partial charge in [-0.25, -0.2) is 4.79 Å². The van der Waals surface area contributed by atoms with E-state index in [0.29, 0.717) is 19.3 Å². The highest BCUT2D eigenvalue weighted by Crippen LogP contribution is 2.09. The topological polar surface area (TPSA) is 92.4 Å². The Morgan fingerprint density at radius 1 is 1.38 bits per heavy atom. The summed E-state index contributed by atoms with van der Waals surface area (Å²) in [4.78, 5) is 22.6. The van der Waals surface area contributed by atoms with Crippen LogP contribution >= 0.6 is 0 Å². The minimum absolute atomic E-state index is 0.393. The quantitative estimate of drug-likeness (QED) is 0.605. The average Bonchev–Trinajstić information content (AvgIpc) is 2.16. The van der Waals surface area contributed by atoms with E-state index in [4.69, 9.17) is 10.8 Å². The fourth-order valence-corrected chi connectivity index (χ4v) is 1.50. The van der Waals surface area contributed by atoms with Gasteiger partial charge in [0, 0.05) is 0 Å². The highest BCUT2D eigenvalue weighted by atomic mass is 16.4. The molecule has 0 aromatic rings. The van der Waals surface area contributed by atoms with Crippen molar-refractivity contribution >= 4 is 11.9 Å². The molecule has 5 heteroatoms. The third-order valence-electron chi connectivity index (χ3n) is 2.47. The number of hydrogen-bond acceptors (Lipinski definition) is 3. The van der Waals surface area contributed by atoms with Crippen molar-refractivity contribution in [3.05, 3.63) is 0 Å². The minimum atomic E-state index is -1.01. The zero-order chi connectivity index (χ0) is 12.8. The highest BCUT2D eigenvalue weighted by molar-refractivity contribution is 5.89. The van der Waals surface area contributed by atoms with Crippen LogP contribution in [-0.4, -0.2) is 28.6 Å². The molecule has 5 nitrogen and oxygen atoms in total. The van der Waals surface area contributed by atoms with Gasteiger partial charge in [-0.2, -0.15) is 0 Å². The van der Waals surface area contributed by atoms with Gasteiger partial charge < -0.3 is 16.2 Å². The van der Waals surface area contributed by atoms with Crippen LogP contribution in [0.5, 0.6) is 0 Å². The molecule has 0 rings (SSSR count). The van der Waals surface area contributed by atoms with Gasteiger partial charge in [0.25, 0.3) is 0 Å². The Balaban J connectivity index is 4.44. The normalized spacial score (nSPS) is 16.2. The molecule has 94 valence electrons. The molecule has 0 aliphatic heterocycles. The zero-order valence-corrected chi connectivity index (χ0v) is 10.2. The molecule has 0 saturated heterocycles. The van der Waals surface area contributed by atoms with Gasteiger partial charge in [-0.1, -0.05) is 26.7 Å². The van der Waals surface area contributed by atoms with Crippen LogP contribution in [-0.2, 0) is 9.59 Å². The molecule has 0 spiro atoms. The first-order chi connectivity index (χ1) is 7.35. The first-order valence-corrected chi connectivity index (χ1v) is 5.67. The molecule has 0 saturated carbocycles. The van der Waals surface area contributed by atoms with Crippen molar-refractivity contribution in [2.45, 2.75) is 58.0 Å². The average molecular weight is 230 g/mol. The van der Waals surface area contributed by atoms with E-state index in [0.717, 1.165) is 6.42 Å². The number of nitrogens with one attached hydrogen (secondary N) is 1. The molecule has 0 aromatic carbocycles. The molecule has 0 aliphatic rings. The molecule has 0 aromatic heterocycles. The maximum absolute atomic E-state index is 11.7. The second-order valence-electron chi connectivity index (χ2n) is 4.32. The summed E-state index contributed by atoms with van der Waals surface area (Å²) in [5.41, 5.74) is 4.82. The van der Waals surface area contributed by atoms with E-state index < -0.39 is 23.5 Å². The largest absolute Gasteiger partial charge is 0.480 e. The number of nitrogens with two attached hydrogens (primary N) is 1. The van der Waals surface area contributed by atoms with Gasteiger partial charge in [0.1, 0.15) is 6.04 Å². The summed E-state index contributed by atoms with van der Waals surface area (Å²) >= 11 is 0. The maximum Gasteiger partial charge on any atom is 0.326 e. The van der Waals surface area contributed by atoms with E-state index in [-0.39, 0.29) is 0 Å². The Morgan fingerprint density at radius 2 is 1.94 bits per heavy atom. The number of carbonyl (C=O) groups is 2. The van der Waals surface area contributed by atoms with E-state index in [2.05, 4.69) is 5.32 Å². The fraction of sp³-hybridized carbons (Fsp3) is 0.818. The van der Waals surface area contributed by atoms with E-state index in [1.807, 2.05) is 13.8 Å². The highest BCUT2D eigenvalue weighted by Gasteiger charge is 2.30. The fourth-order valence-electron chi connectivity index (χ4n) is 1.50. The summed E-state index contributed by atoms with van der Waals surface area (Å²) in [6, 6.07) is -0.836. The van der Waals surface area contributed by atoms with Gasteiger partial charge >= 0.3 is 5.97 Å². The summed E-state index contributed by atoms with van der Waals surface area (Å²) in [6.07, 6.45) is 2.44. The molecular weight excluding hydrogens is 208 g/mol. The van der Waals surface area contributed by atoms with Crippen LogP contribution in [0.15, 0.2) is 0 Å². The molecule has 2 atom stereocenters. The van der Waals surface area contributed by atoms with E-state index >= 15 is 0 Å². The second-order valence-corrected chi connectivity index (χ2v) is 4.32. The van der Waals surface area contributed by atoms with Crippen molar-refractivity contribution in [3.63, 3.8) is 0 Å². The van der Waals surface area contributed by atoms with Crippen molar-refractivity contribution in [1.82, 2.24) is 5.32 Å². The van der Waals surface area contributed by atoms with Crippen LogP contribution in [0.1, 0.15) is 46.5 Å². The number of carbonyl (C=O) groups excluding carboxylic acids is 1. The number of amides is 1. The standard InChI is InChI=1S/C11H22N2O3/c1-4-6-8(9(14)15)13-10(16)11(3,12)7-5-2/h8H,4-7,12H2,1-3H3,(H,13,16)(H,14,15)/t8-,11?/m0/s1. The maximum atomic E-state index is 11.7. The Kier molecular flexibility index (Phi) is 6.03. The van der Waals surface area contributed by atoms with Gasteiger partial charge in [0.15, 0.2) is 0 Å². The SMILES string of the molecule is CCC[C@H](NC(=O)C(C)(N)CCC)C(=O)O. The number of hydrogen-bond donors (Lipinski definition) is 3. The predicted molar refractivity (Wildman–Crippen MR) is 62.0 cm³/mol. The molecule has 4 N–H and O–H groups in total. The molecule has 1 amide bonds. The van der Waals surface area contributed by atoms with Crippen molar-refractivity contribution in [2.75, 3.05) is 0 Å². The lowest BCUT2D eigenvalue weighted by Gasteiger charge is -2.25. The van der Waals surface area contributed by atoms with Gasteiger partial charge in [-0.3, -0.25) is 4.79 Å². The molecule has 0 heterocycles. The molecule has 16 heavy (non-hydrogen) atoms. The van der Waals surface area contributed by atoms with Gasteiger partial charge in [-0.15, -0.1) is 0 Å². The number of rotatable bonds is 7. The summed E-state index contributed by atoms with van der Waals surface area (Å²) < 4.78 is 0. The Morgan fingerprint density at radius 3 is 2.31 bits per heavy atom. The van der Waals surface area contributed by atoms with E-state index in [1.54, 1.807) is 6.92 Å². The van der Waals surface area contributed by atoms with Crippen molar-refractivity contribution in [3.8, 4) is 0 Å². The van der Waals surface area contributed by atoms with Crippen LogP contribution in [0.25, 0.3) is 0 Å². The summed E-state index contributed by atoms with van der Waals surface area (Å²) in [5.74, 6) is -1.40. The van der Waals surface area contributed by atoms with Crippen LogP contribution in [0.2, 0.25) is 0 Å². The van der Waals surface area contributed by atoms with Crippen molar-refractivity contribution in [2.24, 2.45) is 5.73 Å². The Bertz CT molecular complexity index is 252. The molecular formula is C11H22N2O3. The summed E-state index contributed by atoms with van der Waals surface area (Å²) in [7, 11) is 0. The third kappa shape index (κ3) is 4.61. The minimum Gasteiger partial charge on any atom is -0.480 e. The first kappa shape index (κ1) is 14.9. The number of carboxylic acid groups (broad SMARTS) is 1. The lowest BCUT2D eigenvalue weighted by atomic mass is 9.96. The summed E-state index contributed by atoms with van der Waals surface area (Å²) in [5, 5.41) is 11.4. The molecule has 0 radical (unpaired) electrons. The lowest BCUT2D eigenvalue weighted by molar-refractivity contribution is -0.142. The van der Waals surface area contributed by atoms with Gasteiger partial charge in [0.05, 0.1) is 5.54 Å². The van der Waals surface area contributed by atoms with E-state index in [1.165, 1.54) is 0 Å². The van der Waals surface area contributed by atoms with Crippen LogP contribution in [0, 0.1) is 0 Å². The molecule has 0 fully saturated rings. The number of carboxylic acids is 1. The van der Waals surface area contributed by atoms with Crippen molar-refractivity contribution < 1.29 is 14.7 Å². The molecule has 0 aliphatic carbocycles. The Hall–Kier alpha value is -1.10. The molecule has 0 bridgehead atoms. The zero-order valence-electron chi connectivity index (χ0n) is 10.2. The van der Waals surface area contributed by atoms with Crippen LogP contribution in [0.3, 0.4) is 0 Å². The third-order valence-corrected chi connectivity index (χ3v) is 2.47. The lowest BCUT2D eigenvalue weighted by Crippen LogP contribution is -2.55. The van der Waals surface area contributed by atoms with E-state index in [9.17, 15) is 9.59 Å². The van der Waals surface area contributed by atoms with Gasteiger partial charge in [0.2, 0.25) is 5.91 Å². The second kappa shape index (κ2) is 6.48. The van der Waals surface area contributed by atoms with Crippen LogP contribution < -0.4 is 11.1 Å². The predicted octanol–water partition coefficient (Wildman–Crippen LogP) is 0.873. The monoisotopic (exact) mass is 230 g/mol. The first-order valence-electron chi connectivity index (χ1n) is 5.67. The summed E-state index contributed by atoms with van der Waals surface area (Å²) in [6.45, 7) is 5.42. The smallest absolute Gasteiger partial charge is 0.326 e. The Labute approximate surface area is 96.4 Å². The van der Waals surface area contributed by atoms with Crippen molar-refractivity contribution in [1.29, 1.82) is 0 Å². The van der Waals surface area contributed by atoms with Crippen LogP contribution in [0.4, 0.5) is 0 Å². The molecule has 1 unspecified atom stereocenters.